The van der Waals surface area contributed by atoms with Gasteiger partial charge in [-0.1, -0.05) is 72.8 Å². The van der Waals surface area contributed by atoms with E-state index < -0.39 is 16.8 Å². The normalized spacial score (nSPS) is 24.3. The van der Waals surface area contributed by atoms with Gasteiger partial charge in [0, 0.05) is 28.4 Å². The molecule has 7 heteroatoms. The standard InChI is InChI=1S/C28H19BrN2O4/c29-21-15-18(31(34)35)11-14-22(21)30-27(32)25-19-12-13-20(26(25)28(30)33)24(19)23(16-7-3-1-4-8-16)17-9-5-2-6-10-17/h1-15,19-20,25-26H/t19-,20-,25-,26-/m0/s1. The Morgan fingerprint density at radius 2 is 1.31 bits per heavy atom. The number of hydrogen-bond donors (Lipinski definition) is 0. The Morgan fingerprint density at radius 1 is 0.800 bits per heavy atom. The number of amides is 2. The van der Waals surface area contributed by atoms with Gasteiger partial charge in [0.25, 0.3) is 5.69 Å². The lowest BCUT2D eigenvalue weighted by Crippen LogP contribution is -2.33. The van der Waals surface area contributed by atoms with Crippen molar-refractivity contribution in [3.8, 4) is 0 Å². The van der Waals surface area contributed by atoms with Gasteiger partial charge >= 0.3 is 0 Å². The molecule has 3 aromatic rings. The zero-order valence-corrected chi connectivity index (χ0v) is 20.0. The van der Waals surface area contributed by atoms with Crippen LogP contribution in [0.15, 0.2) is 101 Å². The highest BCUT2D eigenvalue weighted by atomic mass is 79.9. The number of nitro benzene ring substituents is 1. The molecular formula is C28H19BrN2O4. The van der Waals surface area contributed by atoms with Crippen LogP contribution in [-0.4, -0.2) is 16.7 Å². The fourth-order valence-electron chi connectivity index (χ4n) is 5.83. The number of nitrogens with zero attached hydrogens (tertiary/aromatic N) is 2. The predicted octanol–water partition coefficient (Wildman–Crippen LogP) is 5.78. The molecule has 3 aromatic carbocycles. The van der Waals surface area contributed by atoms with Gasteiger partial charge < -0.3 is 0 Å². The summed E-state index contributed by atoms with van der Waals surface area (Å²) in [6.45, 7) is 0. The van der Waals surface area contributed by atoms with Crippen molar-refractivity contribution in [1.29, 1.82) is 0 Å². The molecule has 0 unspecified atom stereocenters. The van der Waals surface area contributed by atoms with Gasteiger partial charge in [-0.3, -0.25) is 19.7 Å². The molecule has 2 fully saturated rings. The minimum atomic E-state index is -0.507. The summed E-state index contributed by atoms with van der Waals surface area (Å²) < 4.78 is 0.346. The van der Waals surface area contributed by atoms with Gasteiger partial charge in [-0.05, 0) is 44.3 Å². The van der Waals surface area contributed by atoms with Crippen LogP contribution in [0.3, 0.4) is 0 Å². The Morgan fingerprint density at radius 3 is 1.77 bits per heavy atom. The average molecular weight is 527 g/mol. The summed E-state index contributed by atoms with van der Waals surface area (Å²) in [5.41, 5.74) is 4.54. The van der Waals surface area contributed by atoms with Crippen LogP contribution in [0.1, 0.15) is 11.1 Å². The molecule has 35 heavy (non-hydrogen) atoms. The number of nitro groups is 1. The molecule has 4 atom stereocenters. The van der Waals surface area contributed by atoms with Crippen LogP contribution in [0, 0.1) is 33.8 Å². The third-order valence-corrected chi connectivity index (χ3v) is 7.85. The van der Waals surface area contributed by atoms with E-state index >= 15 is 0 Å². The summed E-state index contributed by atoms with van der Waals surface area (Å²) in [4.78, 5) is 39.2. The Kier molecular flexibility index (Phi) is 5.04. The third kappa shape index (κ3) is 3.22. The number of non-ortho nitro benzene ring substituents is 1. The monoisotopic (exact) mass is 526 g/mol. The van der Waals surface area contributed by atoms with Crippen LogP contribution in [-0.2, 0) is 9.59 Å². The van der Waals surface area contributed by atoms with Crippen LogP contribution in [0.5, 0.6) is 0 Å². The van der Waals surface area contributed by atoms with E-state index in [2.05, 4.69) is 52.3 Å². The summed E-state index contributed by atoms with van der Waals surface area (Å²) in [6, 6.07) is 24.3. The summed E-state index contributed by atoms with van der Waals surface area (Å²) in [6.07, 6.45) is 4.12. The molecule has 1 saturated heterocycles. The number of carbonyl (C=O) groups is 2. The van der Waals surface area contributed by atoms with Gasteiger partial charge in [-0.15, -0.1) is 0 Å². The molecule has 1 aliphatic heterocycles. The minimum Gasteiger partial charge on any atom is -0.274 e. The highest BCUT2D eigenvalue weighted by Crippen LogP contribution is 2.59. The number of rotatable bonds is 4. The van der Waals surface area contributed by atoms with Crippen molar-refractivity contribution in [2.45, 2.75) is 0 Å². The van der Waals surface area contributed by atoms with E-state index in [-0.39, 0.29) is 29.3 Å². The van der Waals surface area contributed by atoms with Crippen molar-refractivity contribution in [2.75, 3.05) is 4.90 Å². The number of fused-ring (bicyclic) bond motifs is 5. The topological polar surface area (TPSA) is 80.5 Å². The lowest BCUT2D eigenvalue weighted by Gasteiger charge is -2.22. The van der Waals surface area contributed by atoms with Crippen LogP contribution in [0.4, 0.5) is 11.4 Å². The highest BCUT2D eigenvalue weighted by molar-refractivity contribution is 9.10. The first-order valence-corrected chi connectivity index (χ1v) is 12.1. The van der Waals surface area contributed by atoms with Crippen molar-refractivity contribution in [3.05, 3.63) is 122 Å². The second kappa shape index (κ2) is 8.13. The zero-order chi connectivity index (χ0) is 24.3. The number of halogens is 1. The van der Waals surface area contributed by atoms with E-state index in [1.807, 2.05) is 36.4 Å². The van der Waals surface area contributed by atoms with E-state index in [0.717, 1.165) is 22.3 Å². The maximum Gasteiger partial charge on any atom is 0.270 e. The average Bonchev–Trinajstić information content (AvgIpc) is 3.50. The van der Waals surface area contributed by atoms with Crippen molar-refractivity contribution in [1.82, 2.24) is 0 Å². The number of imide groups is 1. The molecule has 0 radical (unpaired) electrons. The summed E-state index contributed by atoms with van der Waals surface area (Å²) in [5.74, 6) is -1.86. The van der Waals surface area contributed by atoms with Crippen LogP contribution < -0.4 is 4.90 Å². The number of hydrogen-bond acceptors (Lipinski definition) is 4. The van der Waals surface area contributed by atoms with Gasteiger partial charge in [-0.25, -0.2) is 4.90 Å². The zero-order valence-electron chi connectivity index (χ0n) is 18.4. The summed E-state index contributed by atoms with van der Waals surface area (Å²) in [5, 5.41) is 11.1. The second-order valence-corrected chi connectivity index (χ2v) is 9.81. The van der Waals surface area contributed by atoms with Crippen molar-refractivity contribution >= 4 is 44.7 Å². The Bertz CT molecular complexity index is 1370. The Hall–Kier alpha value is -3.84. The van der Waals surface area contributed by atoms with E-state index in [0.29, 0.717) is 10.2 Å². The van der Waals surface area contributed by atoms with E-state index in [1.165, 1.54) is 23.1 Å². The van der Waals surface area contributed by atoms with Gasteiger partial charge in [0.15, 0.2) is 0 Å². The smallest absolute Gasteiger partial charge is 0.270 e. The maximum absolute atomic E-state index is 13.7. The molecule has 6 nitrogen and oxygen atoms in total. The molecule has 2 bridgehead atoms. The highest BCUT2D eigenvalue weighted by Gasteiger charge is 2.62. The molecule has 2 amide bonds. The van der Waals surface area contributed by atoms with Crippen LogP contribution in [0.25, 0.3) is 5.57 Å². The molecule has 0 N–H and O–H groups in total. The molecule has 0 aromatic heterocycles. The van der Waals surface area contributed by atoms with E-state index in [9.17, 15) is 19.7 Å². The maximum atomic E-state index is 13.7. The van der Waals surface area contributed by atoms with Crippen molar-refractivity contribution < 1.29 is 14.5 Å². The minimum absolute atomic E-state index is 0.109. The fraction of sp³-hybridized carbons (Fsp3) is 0.143. The predicted molar refractivity (Wildman–Crippen MR) is 135 cm³/mol. The number of anilines is 1. The molecule has 2 aliphatic carbocycles. The molecule has 0 spiro atoms. The number of allylic oxidation sites excluding steroid dienone is 3. The van der Waals surface area contributed by atoms with Gasteiger partial charge in [0.1, 0.15) is 0 Å². The van der Waals surface area contributed by atoms with Crippen molar-refractivity contribution in [3.63, 3.8) is 0 Å². The number of benzene rings is 3. The fourth-order valence-corrected chi connectivity index (χ4v) is 6.38. The second-order valence-electron chi connectivity index (χ2n) is 8.96. The largest absolute Gasteiger partial charge is 0.274 e. The third-order valence-electron chi connectivity index (χ3n) is 7.21. The molecule has 172 valence electrons. The van der Waals surface area contributed by atoms with Crippen molar-refractivity contribution in [2.24, 2.45) is 23.7 Å². The molecule has 1 saturated carbocycles. The first kappa shape index (κ1) is 21.7. The first-order valence-electron chi connectivity index (χ1n) is 11.3. The SMILES string of the molecule is O=C1[C@@H]2[C@@H](C(=O)N1c1ccc([N+](=O)[O-])cc1Br)[C@H]1C=C[C@H]2C1=C(c1ccccc1)c1ccccc1. The Balaban J connectivity index is 1.46. The Labute approximate surface area is 209 Å². The van der Waals surface area contributed by atoms with E-state index in [1.54, 1.807) is 0 Å². The quantitative estimate of drug-likeness (QED) is 0.187. The lowest BCUT2D eigenvalue weighted by atomic mass is 9.85. The lowest BCUT2D eigenvalue weighted by molar-refractivity contribution is -0.384. The van der Waals surface area contributed by atoms with Gasteiger partial charge in [0.05, 0.1) is 22.4 Å². The molecular weight excluding hydrogens is 508 g/mol. The first-order chi connectivity index (χ1) is 17.0. The molecule has 3 aliphatic rings. The number of carbonyl (C=O) groups excluding carboxylic acids is 2. The van der Waals surface area contributed by atoms with Crippen LogP contribution in [0.2, 0.25) is 0 Å². The molecule has 1 heterocycles. The van der Waals surface area contributed by atoms with Gasteiger partial charge in [-0.2, -0.15) is 0 Å². The van der Waals surface area contributed by atoms with Gasteiger partial charge in [0.2, 0.25) is 11.8 Å². The van der Waals surface area contributed by atoms with E-state index in [4.69, 9.17) is 0 Å². The summed E-state index contributed by atoms with van der Waals surface area (Å²) >= 11 is 3.33. The van der Waals surface area contributed by atoms with Crippen LogP contribution >= 0.6 is 15.9 Å². The summed E-state index contributed by atoms with van der Waals surface area (Å²) in [7, 11) is 0. The molecule has 6 rings (SSSR count).